The van der Waals surface area contributed by atoms with E-state index >= 15 is 0 Å². The first-order valence-electron chi connectivity index (χ1n) is 6.21. The molecule has 0 atom stereocenters. The van der Waals surface area contributed by atoms with Crippen molar-refractivity contribution in [2.75, 3.05) is 0 Å². The molecule has 0 aliphatic carbocycles. The van der Waals surface area contributed by atoms with Gasteiger partial charge in [-0.15, -0.1) is 0 Å². The lowest BCUT2D eigenvalue weighted by Crippen LogP contribution is -2.25. The molecule has 1 N–H and O–H groups in total. The Morgan fingerprint density at radius 1 is 1.15 bits per heavy atom. The fourth-order valence-corrected chi connectivity index (χ4v) is 2.89. The zero-order valence-corrected chi connectivity index (χ0v) is 11.8. The van der Waals surface area contributed by atoms with Crippen molar-refractivity contribution in [1.29, 1.82) is 0 Å². The molecule has 6 heteroatoms. The molecule has 0 aliphatic rings. The second-order valence-corrected chi connectivity index (χ2v) is 5.92. The fourth-order valence-electron chi connectivity index (χ4n) is 1.88. The maximum absolute atomic E-state index is 13.5. The van der Waals surface area contributed by atoms with Crippen molar-refractivity contribution in [3.8, 4) is 0 Å². The second-order valence-electron chi connectivity index (χ2n) is 4.24. The highest BCUT2D eigenvalue weighted by Gasteiger charge is 2.20. The van der Waals surface area contributed by atoms with Crippen LogP contribution in [0.1, 0.15) is 18.1 Å². The molecule has 20 heavy (non-hydrogen) atoms. The van der Waals surface area contributed by atoms with E-state index in [1.54, 1.807) is 0 Å². The average molecular weight is 294 g/mol. The Morgan fingerprint density at radius 3 is 2.50 bits per heavy atom. The Labute approximate surface area is 117 Å². The standard InChI is InChI=1S/C14H15FN2O2S/c1-2-11-6-3-4-7-12(11)10-17-20(18,19)14-13(15)8-5-9-16-14/h3-9,17H,2,10H2,1H3. The molecule has 106 valence electrons. The zero-order chi connectivity index (χ0) is 14.6. The van der Waals surface area contributed by atoms with Crippen LogP contribution in [-0.4, -0.2) is 13.4 Å². The van der Waals surface area contributed by atoms with Crippen LogP contribution in [0.4, 0.5) is 4.39 Å². The molecule has 0 amide bonds. The van der Waals surface area contributed by atoms with Gasteiger partial charge >= 0.3 is 0 Å². The minimum atomic E-state index is -3.95. The number of rotatable bonds is 5. The minimum Gasteiger partial charge on any atom is -0.241 e. The molecule has 0 radical (unpaired) electrons. The molecular weight excluding hydrogens is 279 g/mol. The highest BCUT2D eigenvalue weighted by atomic mass is 32.2. The van der Waals surface area contributed by atoms with Crippen molar-refractivity contribution in [1.82, 2.24) is 9.71 Å². The van der Waals surface area contributed by atoms with Crippen molar-refractivity contribution in [3.63, 3.8) is 0 Å². The van der Waals surface area contributed by atoms with Crippen molar-refractivity contribution in [2.24, 2.45) is 0 Å². The molecule has 1 aromatic carbocycles. The van der Waals surface area contributed by atoms with Crippen LogP contribution >= 0.6 is 0 Å². The molecule has 0 bridgehead atoms. The third-order valence-corrected chi connectivity index (χ3v) is 4.27. The smallest absolute Gasteiger partial charge is 0.241 e. The molecule has 4 nitrogen and oxygen atoms in total. The van der Waals surface area contributed by atoms with Crippen LogP contribution in [0.25, 0.3) is 0 Å². The monoisotopic (exact) mass is 294 g/mol. The SMILES string of the molecule is CCc1ccccc1CNS(=O)(=O)c1ncccc1F. The Kier molecular flexibility index (Phi) is 4.46. The summed E-state index contributed by atoms with van der Waals surface area (Å²) in [5, 5.41) is -0.575. The number of nitrogens with one attached hydrogen (secondary N) is 1. The van der Waals surface area contributed by atoms with E-state index in [1.165, 1.54) is 12.3 Å². The Morgan fingerprint density at radius 2 is 1.85 bits per heavy atom. The first kappa shape index (κ1) is 14.6. The van der Waals surface area contributed by atoms with Crippen LogP contribution in [-0.2, 0) is 23.0 Å². The Bertz CT molecular complexity index is 702. The third-order valence-electron chi connectivity index (χ3n) is 2.93. The predicted molar refractivity (Wildman–Crippen MR) is 74.0 cm³/mol. The van der Waals surface area contributed by atoms with E-state index in [0.29, 0.717) is 0 Å². The summed E-state index contributed by atoms with van der Waals surface area (Å²) in [5.74, 6) is -0.858. The number of nitrogens with zero attached hydrogens (tertiary/aromatic N) is 1. The number of benzene rings is 1. The van der Waals surface area contributed by atoms with Gasteiger partial charge in [0.05, 0.1) is 0 Å². The summed E-state index contributed by atoms with van der Waals surface area (Å²) in [4.78, 5) is 3.58. The lowest BCUT2D eigenvalue weighted by Gasteiger charge is -2.09. The van der Waals surface area contributed by atoms with E-state index in [4.69, 9.17) is 0 Å². The van der Waals surface area contributed by atoms with Gasteiger partial charge in [-0.2, -0.15) is 0 Å². The summed E-state index contributed by atoms with van der Waals surface area (Å²) >= 11 is 0. The normalized spacial score (nSPS) is 11.5. The second kappa shape index (κ2) is 6.11. The molecule has 0 aliphatic heterocycles. The van der Waals surface area contributed by atoms with Gasteiger partial charge in [-0.05, 0) is 29.7 Å². The van der Waals surface area contributed by atoms with Gasteiger partial charge in [-0.1, -0.05) is 31.2 Å². The van der Waals surface area contributed by atoms with E-state index in [-0.39, 0.29) is 6.54 Å². The number of hydrogen-bond acceptors (Lipinski definition) is 3. The average Bonchev–Trinajstić information content (AvgIpc) is 2.46. The number of aromatic nitrogens is 1. The molecule has 0 saturated carbocycles. The van der Waals surface area contributed by atoms with Gasteiger partial charge in [0.15, 0.2) is 5.82 Å². The van der Waals surface area contributed by atoms with E-state index in [1.807, 2.05) is 31.2 Å². The summed E-state index contributed by atoms with van der Waals surface area (Å²) in [5.41, 5.74) is 1.92. The van der Waals surface area contributed by atoms with Crippen LogP contribution in [0.15, 0.2) is 47.6 Å². The van der Waals surface area contributed by atoms with Gasteiger partial charge in [0, 0.05) is 12.7 Å². The number of hydrogen-bond donors (Lipinski definition) is 1. The lowest BCUT2D eigenvalue weighted by atomic mass is 10.1. The Balaban J connectivity index is 2.20. The molecule has 0 unspecified atom stereocenters. The topological polar surface area (TPSA) is 59.1 Å². The number of halogens is 1. The predicted octanol–water partition coefficient (Wildman–Crippen LogP) is 2.26. The van der Waals surface area contributed by atoms with Crippen molar-refractivity contribution in [3.05, 3.63) is 59.5 Å². The summed E-state index contributed by atoms with van der Waals surface area (Å²) in [6, 6.07) is 9.93. The first-order valence-corrected chi connectivity index (χ1v) is 7.70. The van der Waals surface area contributed by atoms with Gasteiger partial charge < -0.3 is 0 Å². The van der Waals surface area contributed by atoms with Gasteiger partial charge in [0.25, 0.3) is 10.0 Å². The maximum atomic E-state index is 13.5. The van der Waals surface area contributed by atoms with Gasteiger partial charge in [0.1, 0.15) is 0 Å². The van der Waals surface area contributed by atoms with Crippen LogP contribution < -0.4 is 4.72 Å². The third kappa shape index (κ3) is 3.20. The van der Waals surface area contributed by atoms with Crippen LogP contribution in [0, 0.1) is 5.82 Å². The lowest BCUT2D eigenvalue weighted by molar-refractivity contribution is 0.544. The highest BCUT2D eigenvalue weighted by Crippen LogP contribution is 2.13. The summed E-state index contributed by atoms with van der Waals surface area (Å²) in [6.45, 7) is 2.11. The van der Waals surface area contributed by atoms with Gasteiger partial charge in [-0.3, -0.25) is 0 Å². The van der Waals surface area contributed by atoms with Crippen LogP contribution in [0.3, 0.4) is 0 Å². The molecular formula is C14H15FN2O2S. The largest absolute Gasteiger partial charge is 0.261 e. The van der Waals surface area contributed by atoms with Crippen LogP contribution in [0.5, 0.6) is 0 Å². The molecule has 2 rings (SSSR count). The zero-order valence-electron chi connectivity index (χ0n) is 11.0. The van der Waals surface area contributed by atoms with E-state index in [9.17, 15) is 12.8 Å². The van der Waals surface area contributed by atoms with Gasteiger partial charge in [-0.25, -0.2) is 22.5 Å². The quantitative estimate of drug-likeness (QED) is 0.920. The van der Waals surface area contributed by atoms with E-state index in [2.05, 4.69) is 9.71 Å². The highest BCUT2D eigenvalue weighted by molar-refractivity contribution is 7.89. The molecule has 0 fully saturated rings. The van der Waals surface area contributed by atoms with E-state index < -0.39 is 20.9 Å². The minimum absolute atomic E-state index is 0.113. The van der Waals surface area contributed by atoms with Crippen LogP contribution in [0.2, 0.25) is 0 Å². The maximum Gasteiger partial charge on any atom is 0.261 e. The molecule has 1 heterocycles. The molecule has 0 spiro atoms. The number of aryl methyl sites for hydroxylation is 1. The molecule has 2 aromatic rings. The molecule has 1 aromatic heterocycles. The summed E-state index contributed by atoms with van der Waals surface area (Å²) < 4.78 is 39.9. The van der Waals surface area contributed by atoms with Crippen molar-refractivity contribution >= 4 is 10.0 Å². The number of sulfonamides is 1. The summed E-state index contributed by atoms with van der Waals surface area (Å²) in [7, 11) is -3.95. The molecule has 0 saturated heterocycles. The van der Waals surface area contributed by atoms with Gasteiger partial charge in [0.2, 0.25) is 5.03 Å². The number of pyridine rings is 1. The fraction of sp³-hybridized carbons (Fsp3) is 0.214. The first-order chi connectivity index (χ1) is 9.54. The van der Waals surface area contributed by atoms with Crippen molar-refractivity contribution < 1.29 is 12.8 Å². The van der Waals surface area contributed by atoms with E-state index in [0.717, 1.165) is 23.6 Å². The summed E-state index contributed by atoms with van der Waals surface area (Å²) in [6.07, 6.45) is 2.05. The van der Waals surface area contributed by atoms with Crippen molar-refractivity contribution in [2.45, 2.75) is 24.9 Å². The Hall–Kier alpha value is -1.79.